The van der Waals surface area contributed by atoms with E-state index in [9.17, 15) is 0 Å². The van der Waals surface area contributed by atoms with Gasteiger partial charge in [-0.1, -0.05) is 83.1 Å². The van der Waals surface area contributed by atoms with Gasteiger partial charge in [0.15, 0.2) is 39.1 Å². The van der Waals surface area contributed by atoms with E-state index in [1.807, 2.05) is 13.8 Å². The van der Waals surface area contributed by atoms with E-state index in [1.54, 1.807) is 0 Å². The fraction of sp³-hybridized carbons (Fsp3) is 1.00. The summed E-state index contributed by atoms with van der Waals surface area (Å²) in [5.74, 6) is -0.599. The molecule has 1 saturated heterocycles. The summed E-state index contributed by atoms with van der Waals surface area (Å²) in [5, 5.41) is 4.59. The number of hydrogen-bond acceptors (Lipinski definition) is 7. The van der Waals surface area contributed by atoms with E-state index in [1.165, 1.54) is 0 Å². The number of fused-ring (bicyclic) bond motifs is 1. The Morgan fingerprint density at radius 1 is 0.604 bits per heavy atom. The zero-order chi connectivity index (χ0) is 37.7. The third kappa shape index (κ3) is 11.1. The van der Waals surface area contributed by atoms with Crippen LogP contribution in [-0.4, -0.2) is 89.3 Å². The lowest BCUT2D eigenvalue weighted by atomic mass is 9.79. The molecule has 1 saturated carbocycles. The van der Waals surface area contributed by atoms with Crippen LogP contribution in [0.3, 0.4) is 0 Å². The first-order valence-corrected chi connectivity index (χ1v) is 30.4. The number of rotatable bonds is 13. The maximum absolute atomic E-state index is 7.24. The summed E-state index contributed by atoms with van der Waals surface area (Å²) in [6, 6.07) is 0.105. The van der Waals surface area contributed by atoms with Gasteiger partial charge in [0.05, 0.1) is 31.5 Å². The van der Waals surface area contributed by atoms with Crippen LogP contribution >= 0.6 is 0 Å². The van der Waals surface area contributed by atoms with Crippen LogP contribution in [0.15, 0.2) is 0 Å². The van der Waals surface area contributed by atoms with Crippen LogP contribution in [-0.2, 0) is 27.2 Å². The van der Waals surface area contributed by atoms with Gasteiger partial charge in [-0.15, -0.1) is 0 Å². The van der Waals surface area contributed by atoms with Crippen molar-refractivity contribution < 1.29 is 27.2 Å². The Morgan fingerprint density at radius 3 is 1.38 bits per heavy atom. The molecule has 0 unspecified atom stereocenters. The second-order valence-corrected chi connectivity index (χ2v) is 40.7. The molecule has 48 heavy (non-hydrogen) atoms. The highest BCUT2D eigenvalue weighted by Crippen LogP contribution is 2.46. The van der Waals surface area contributed by atoms with Gasteiger partial charge in [-0.2, -0.15) is 0 Å². The van der Waals surface area contributed by atoms with E-state index < -0.39 is 39.1 Å². The van der Waals surface area contributed by atoms with Crippen molar-refractivity contribution in [3.05, 3.63) is 0 Å². The highest BCUT2D eigenvalue weighted by molar-refractivity contribution is 6.75. The molecular formula is C37H81NO6Si4. The second kappa shape index (κ2) is 14.8. The fourth-order valence-electron chi connectivity index (χ4n) is 5.32. The van der Waals surface area contributed by atoms with Crippen LogP contribution in [0.1, 0.15) is 103 Å². The van der Waals surface area contributed by atoms with Crippen LogP contribution in [0.4, 0.5) is 0 Å². The first-order valence-electron chi connectivity index (χ1n) is 18.7. The lowest BCUT2D eigenvalue weighted by Crippen LogP contribution is -2.63. The molecule has 1 N–H and O–H groups in total. The minimum atomic E-state index is -2.11. The van der Waals surface area contributed by atoms with Gasteiger partial charge in [0, 0.05) is 18.6 Å². The molecule has 0 aromatic heterocycles. The molecule has 2 aliphatic rings. The van der Waals surface area contributed by atoms with E-state index in [4.69, 9.17) is 27.2 Å². The molecule has 0 aromatic carbocycles. The summed E-state index contributed by atoms with van der Waals surface area (Å²) in [7, 11) is -8.13. The molecule has 286 valence electrons. The smallest absolute Gasteiger partial charge is 0.192 e. The minimum Gasteiger partial charge on any atom is -0.416 e. The largest absolute Gasteiger partial charge is 0.416 e. The summed E-state index contributed by atoms with van der Waals surface area (Å²) in [6.45, 7) is 52.4. The van der Waals surface area contributed by atoms with Crippen LogP contribution < -0.4 is 5.32 Å². The van der Waals surface area contributed by atoms with Gasteiger partial charge < -0.3 is 32.5 Å². The topological polar surface area (TPSA) is 67.4 Å². The minimum absolute atomic E-state index is 0.0222. The van der Waals surface area contributed by atoms with Gasteiger partial charge in [0.1, 0.15) is 6.10 Å². The van der Waals surface area contributed by atoms with Gasteiger partial charge in [-0.25, -0.2) is 0 Å². The average molecular weight is 748 g/mol. The Kier molecular flexibility index (Phi) is 13.8. The highest BCUT2D eigenvalue weighted by atomic mass is 28.4. The predicted molar refractivity (Wildman–Crippen MR) is 214 cm³/mol. The molecule has 0 radical (unpaired) electrons. The summed E-state index contributed by atoms with van der Waals surface area (Å²) >= 11 is 0. The first-order chi connectivity index (χ1) is 21.0. The summed E-state index contributed by atoms with van der Waals surface area (Å²) in [5.41, 5.74) is 0. The molecule has 0 aromatic rings. The summed E-state index contributed by atoms with van der Waals surface area (Å²) in [6.07, 6.45) is 0.456. The molecule has 0 bridgehead atoms. The van der Waals surface area contributed by atoms with Crippen molar-refractivity contribution in [2.45, 2.75) is 212 Å². The van der Waals surface area contributed by atoms with E-state index in [2.05, 4.69) is 141 Å². The third-order valence-electron chi connectivity index (χ3n) is 13.0. The van der Waals surface area contributed by atoms with E-state index in [0.29, 0.717) is 19.8 Å². The monoisotopic (exact) mass is 748 g/mol. The Labute approximate surface area is 302 Å². The maximum atomic E-state index is 7.24. The van der Waals surface area contributed by atoms with Gasteiger partial charge in [0.2, 0.25) is 0 Å². The SMILES string of the molecule is CC1(C)O[C@@H]2[C@@H](CO[Si](C)(C)C(C)(C)C)[C@@H](NC(CO[Si](C)(C)C(C)(C)C)CO[Si](C)(C)C(C)(C)C)C[C@H](O[Si](C)(C)C(C)(C)C)[C@H]2O1. The van der Waals surface area contributed by atoms with Crippen molar-refractivity contribution in [1.29, 1.82) is 0 Å². The molecular weight excluding hydrogens is 667 g/mol. The first kappa shape index (κ1) is 44.7. The van der Waals surface area contributed by atoms with E-state index in [0.717, 1.165) is 6.42 Å². The Balaban J connectivity index is 2.58. The van der Waals surface area contributed by atoms with Crippen molar-refractivity contribution in [1.82, 2.24) is 5.32 Å². The molecule has 7 nitrogen and oxygen atoms in total. The Morgan fingerprint density at radius 2 is 0.979 bits per heavy atom. The second-order valence-electron chi connectivity index (χ2n) is 21.6. The Bertz CT molecular complexity index is 1020. The summed E-state index contributed by atoms with van der Waals surface area (Å²) < 4.78 is 41.7. The van der Waals surface area contributed by atoms with Crippen LogP contribution in [0.5, 0.6) is 0 Å². The maximum Gasteiger partial charge on any atom is 0.192 e. The molecule has 2 fully saturated rings. The molecule has 5 atom stereocenters. The molecule has 1 aliphatic heterocycles. The van der Waals surface area contributed by atoms with E-state index in [-0.39, 0.29) is 56.5 Å². The average Bonchev–Trinajstić information content (AvgIpc) is 3.17. The molecule has 2 rings (SSSR count). The van der Waals surface area contributed by atoms with Gasteiger partial charge in [0.25, 0.3) is 0 Å². The van der Waals surface area contributed by atoms with Crippen LogP contribution in [0, 0.1) is 5.92 Å². The zero-order valence-electron chi connectivity index (χ0n) is 35.7. The van der Waals surface area contributed by atoms with Crippen molar-refractivity contribution >= 4 is 33.3 Å². The standard InChI is InChI=1S/C37H81NO6Si4/c1-33(2,3)45(15,16)39-24-27(25-40-46(17,18)34(4,5)6)38-29-23-30(44-48(21,22)36(10,11)12)32-31(42-37(13,14)43-32)28(29)26-41-47(19,20)35(7,8)9/h27-32,38H,23-26H2,1-22H3/t28-,29-,30-,31+,32+/m0/s1. The number of ether oxygens (including phenoxy) is 2. The van der Waals surface area contributed by atoms with Crippen molar-refractivity contribution in [3.8, 4) is 0 Å². The number of nitrogens with one attached hydrogen (secondary N) is 1. The lowest BCUT2D eigenvalue weighted by Gasteiger charge is -2.49. The molecule has 1 heterocycles. The summed E-state index contributed by atoms with van der Waals surface area (Å²) in [4.78, 5) is 0. The molecule has 11 heteroatoms. The van der Waals surface area contributed by atoms with Crippen molar-refractivity contribution in [2.75, 3.05) is 19.8 Å². The van der Waals surface area contributed by atoms with Gasteiger partial charge in [-0.3, -0.25) is 0 Å². The van der Waals surface area contributed by atoms with Crippen LogP contribution in [0.25, 0.3) is 0 Å². The van der Waals surface area contributed by atoms with Crippen molar-refractivity contribution in [2.24, 2.45) is 5.92 Å². The quantitative estimate of drug-likeness (QED) is 0.188. The van der Waals surface area contributed by atoms with Crippen molar-refractivity contribution in [3.63, 3.8) is 0 Å². The molecule has 1 aliphatic carbocycles. The highest BCUT2D eigenvalue weighted by Gasteiger charge is 2.57. The predicted octanol–water partition coefficient (Wildman–Crippen LogP) is 10.3. The molecule has 0 spiro atoms. The lowest BCUT2D eigenvalue weighted by molar-refractivity contribution is -0.154. The Hall–Kier alpha value is 0.588. The normalized spacial score (nSPS) is 26.7. The number of hydrogen-bond donors (Lipinski definition) is 1. The third-order valence-corrected chi connectivity index (χ3v) is 31.0. The zero-order valence-corrected chi connectivity index (χ0v) is 39.7. The van der Waals surface area contributed by atoms with E-state index >= 15 is 0 Å². The molecule has 0 amide bonds. The van der Waals surface area contributed by atoms with Gasteiger partial charge in [-0.05, 0) is 92.8 Å². The fourth-order valence-corrected chi connectivity index (χ4v) is 9.80. The van der Waals surface area contributed by atoms with Crippen LogP contribution in [0.2, 0.25) is 72.5 Å². The van der Waals surface area contributed by atoms with Gasteiger partial charge >= 0.3 is 0 Å².